The van der Waals surface area contributed by atoms with E-state index in [1.54, 1.807) is 0 Å². The topological polar surface area (TPSA) is 0 Å². The van der Waals surface area contributed by atoms with E-state index in [2.05, 4.69) is 20.8 Å². The Morgan fingerprint density at radius 3 is 2.18 bits per heavy atom. The van der Waals surface area contributed by atoms with Crippen LogP contribution in [0.5, 0.6) is 0 Å². The molecule has 3 aliphatic carbocycles. The van der Waals surface area contributed by atoms with Gasteiger partial charge < -0.3 is 0 Å². The zero-order chi connectivity index (χ0) is 8.28. The zero-order valence-electron chi connectivity index (χ0n) is 7.72. The second-order valence-electron chi connectivity index (χ2n) is 5.20. The Morgan fingerprint density at radius 1 is 1.27 bits per heavy atom. The molecule has 0 nitrogen and oxygen atoms in total. The lowest BCUT2D eigenvalue weighted by molar-refractivity contribution is -0.0845. The molecule has 0 saturated heterocycles. The molecule has 0 aromatic carbocycles. The fourth-order valence-corrected chi connectivity index (χ4v) is 3.77. The average molecular weight is 170 g/mol. The second-order valence-corrected chi connectivity index (χ2v) is 6.22. The molecule has 0 amide bonds. The third kappa shape index (κ3) is 0.898. The summed E-state index contributed by atoms with van der Waals surface area (Å²) in [5.41, 5.74) is 0.592. The number of fused-ring (bicyclic) bond motifs is 2. The van der Waals surface area contributed by atoms with Crippen molar-refractivity contribution in [3.05, 3.63) is 0 Å². The van der Waals surface area contributed by atoms with Gasteiger partial charge in [0.1, 0.15) is 0 Å². The molecule has 3 rings (SSSR count). The Kier molecular flexibility index (Phi) is 1.44. The van der Waals surface area contributed by atoms with Crippen LogP contribution in [0.3, 0.4) is 0 Å². The molecule has 3 aliphatic rings. The van der Waals surface area contributed by atoms with Crippen molar-refractivity contribution in [3.63, 3.8) is 0 Å². The van der Waals surface area contributed by atoms with Gasteiger partial charge in [-0.25, -0.2) is 0 Å². The Bertz CT molecular complexity index is 171. The highest BCUT2D eigenvalue weighted by molar-refractivity contribution is 7.81. The molecule has 0 spiro atoms. The van der Waals surface area contributed by atoms with Crippen LogP contribution in [0, 0.1) is 17.3 Å². The van der Waals surface area contributed by atoms with Crippen LogP contribution in [0.2, 0.25) is 0 Å². The number of hydrogen-bond donors (Lipinski definition) is 1. The Labute approximate surface area is 75.2 Å². The van der Waals surface area contributed by atoms with Crippen LogP contribution in [-0.2, 0) is 0 Å². The summed E-state index contributed by atoms with van der Waals surface area (Å²) in [6, 6.07) is 0. The summed E-state index contributed by atoms with van der Waals surface area (Å²) in [5, 5.41) is 0. The van der Waals surface area contributed by atoms with Crippen molar-refractivity contribution < 1.29 is 0 Å². The maximum absolute atomic E-state index is 4.76. The van der Waals surface area contributed by atoms with E-state index in [9.17, 15) is 0 Å². The van der Waals surface area contributed by atoms with E-state index in [1.165, 1.54) is 19.3 Å². The monoisotopic (exact) mass is 170 g/mol. The normalized spacial score (nSPS) is 53.5. The summed E-state index contributed by atoms with van der Waals surface area (Å²) >= 11 is 4.76. The summed E-state index contributed by atoms with van der Waals surface area (Å²) in [7, 11) is 0. The van der Waals surface area contributed by atoms with Gasteiger partial charge in [-0.1, -0.05) is 20.8 Å². The van der Waals surface area contributed by atoms with Crippen LogP contribution in [0.1, 0.15) is 40.0 Å². The van der Waals surface area contributed by atoms with Crippen LogP contribution in [0.25, 0.3) is 0 Å². The minimum Gasteiger partial charge on any atom is -0.172 e. The molecule has 0 N–H and O–H groups in total. The lowest BCUT2D eigenvalue weighted by atomic mass is 9.45. The van der Waals surface area contributed by atoms with E-state index in [1.807, 2.05) is 0 Å². The molecule has 3 atom stereocenters. The molecule has 1 heteroatoms. The predicted octanol–water partition coefficient (Wildman–Crippen LogP) is 3.13. The zero-order valence-corrected chi connectivity index (χ0v) is 8.62. The third-order valence-corrected chi connectivity index (χ3v) is 4.76. The molecule has 0 aromatic heterocycles. The van der Waals surface area contributed by atoms with Crippen molar-refractivity contribution in [2.45, 2.75) is 44.8 Å². The Hall–Kier alpha value is 0.350. The van der Waals surface area contributed by atoms with Crippen LogP contribution in [0.15, 0.2) is 0 Å². The van der Waals surface area contributed by atoms with Gasteiger partial charge in [0, 0.05) is 4.75 Å². The fourth-order valence-electron chi connectivity index (χ4n) is 3.20. The van der Waals surface area contributed by atoms with E-state index < -0.39 is 0 Å². The smallest absolute Gasteiger partial charge is 0.0135 e. The molecular formula is C10H18S. The van der Waals surface area contributed by atoms with Crippen molar-refractivity contribution in [1.29, 1.82) is 0 Å². The summed E-state index contributed by atoms with van der Waals surface area (Å²) in [4.78, 5) is 0. The van der Waals surface area contributed by atoms with Crippen LogP contribution >= 0.6 is 12.6 Å². The van der Waals surface area contributed by atoms with Crippen molar-refractivity contribution in [1.82, 2.24) is 0 Å². The highest BCUT2D eigenvalue weighted by Gasteiger charge is 2.57. The van der Waals surface area contributed by atoms with Crippen LogP contribution in [0.4, 0.5) is 0 Å². The summed E-state index contributed by atoms with van der Waals surface area (Å²) in [5.74, 6) is 1.88. The van der Waals surface area contributed by atoms with Gasteiger partial charge in [0.2, 0.25) is 0 Å². The molecule has 0 aliphatic heterocycles. The maximum Gasteiger partial charge on any atom is 0.0135 e. The standard InChI is InChI=1S/C10H18S/c1-9(2)7-4-5-10(3,11)8(9)6-7/h7-8,11H,4-6H2,1-3H3/t7-,8-,10-/m1/s1. The molecule has 0 radical (unpaired) electrons. The van der Waals surface area contributed by atoms with Gasteiger partial charge in [0.25, 0.3) is 0 Å². The van der Waals surface area contributed by atoms with E-state index in [-0.39, 0.29) is 0 Å². The highest BCUT2D eigenvalue weighted by atomic mass is 32.1. The van der Waals surface area contributed by atoms with E-state index >= 15 is 0 Å². The number of hydrogen-bond acceptors (Lipinski definition) is 1. The first-order valence-corrected chi connectivity index (χ1v) is 5.12. The Morgan fingerprint density at radius 2 is 1.91 bits per heavy atom. The van der Waals surface area contributed by atoms with E-state index in [0.29, 0.717) is 10.2 Å². The SMILES string of the molecule is CC1(C)[C@@H]2CC[C@@](C)(S)[C@@H]1C2. The molecule has 3 saturated carbocycles. The van der Waals surface area contributed by atoms with Crippen molar-refractivity contribution in [2.24, 2.45) is 17.3 Å². The van der Waals surface area contributed by atoms with E-state index in [0.717, 1.165) is 11.8 Å². The minimum absolute atomic E-state index is 0.332. The van der Waals surface area contributed by atoms with E-state index in [4.69, 9.17) is 12.6 Å². The molecule has 0 aromatic rings. The highest BCUT2D eigenvalue weighted by Crippen LogP contribution is 2.64. The van der Waals surface area contributed by atoms with Crippen LogP contribution in [-0.4, -0.2) is 4.75 Å². The molecule has 2 bridgehead atoms. The molecule has 0 heterocycles. The van der Waals surface area contributed by atoms with Gasteiger partial charge in [0.05, 0.1) is 0 Å². The van der Waals surface area contributed by atoms with Gasteiger partial charge in [-0.15, -0.1) is 0 Å². The lowest BCUT2D eigenvalue weighted by Gasteiger charge is -2.63. The average Bonchev–Trinajstić information content (AvgIpc) is 1.84. The largest absolute Gasteiger partial charge is 0.172 e. The van der Waals surface area contributed by atoms with Crippen molar-refractivity contribution >= 4 is 12.6 Å². The van der Waals surface area contributed by atoms with Crippen molar-refractivity contribution in [3.8, 4) is 0 Å². The van der Waals surface area contributed by atoms with Gasteiger partial charge in [-0.2, -0.15) is 12.6 Å². The molecular weight excluding hydrogens is 152 g/mol. The molecule has 64 valence electrons. The molecule has 11 heavy (non-hydrogen) atoms. The first kappa shape index (κ1) is 7.97. The number of rotatable bonds is 0. The maximum atomic E-state index is 4.76. The third-order valence-electron chi connectivity index (χ3n) is 4.22. The lowest BCUT2D eigenvalue weighted by Crippen LogP contribution is -2.57. The first-order chi connectivity index (χ1) is 4.94. The predicted molar refractivity (Wildman–Crippen MR) is 52.0 cm³/mol. The Balaban J connectivity index is 2.23. The summed E-state index contributed by atoms with van der Waals surface area (Å²) in [6.07, 6.45) is 4.17. The summed E-state index contributed by atoms with van der Waals surface area (Å²) < 4.78 is 0.332. The first-order valence-electron chi connectivity index (χ1n) is 4.67. The van der Waals surface area contributed by atoms with Gasteiger partial charge in [-0.05, 0) is 36.5 Å². The van der Waals surface area contributed by atoms with Gasteiger partial charge in [-0.3, -0.25) is 0 Å². The van der Waals surface area contributed by atoms with Crippen LogP contribution < -0.4 is 0 Å². The van der Waals surface area contributed by atoms with Gasteiger partial charge >= 0.3 is 0 Å². The van der Waals surface area contributed by atoms with Crippen molar-refractivity contribution in [2.75, 3.05) is 0 Å². The van der Waals surface area contributed by atoms with Gasteiger partial charge in [0.15, 0.2) is 0 Å². The molecule has 0 unspecified atom stereocenters. The number of thiol groups is 1. The minimum atomic E-state index is 0.332. The quantitative estimate of drug-likeness (QED) is 0.531. The second kappa shape index (κ2) is 1.99. The molecule has 3 fully saturated rings. The fraction of sp³-hybridized carbons (Fsp3) is 1.00. The summed E-state index contributed by atoms with van der Waals surface area (Å²) in [6.45, 7) is 7.15.